The molecule has 1 saturated heterocycles. The van der Waals surface area contributed by atoms with Gasteiger partial charge in [-0.15, -0.1) is 0 Å². The third-order valence-corrected chi connectivity index (χ3v) is 3.66. The highest BCUT2D eigenvalue weighted by atomic mass is 79.9. The Hall–Kier alpha value is -0.390. The van der Waals surface area contributed by atoms with Gasteiger partial charge >= 0.3 is 0 Å². The van der Waals surface area contributed by atoms with Gasteiger partial charge in [0.15, 0.2) is 0 Å². The van der Waals surface area contributed by atoms with E-state index in [0.29, 0.717) is 6.04 Å². The Morgan fingerprint density at radius 2 is 2.47 bits per heavy atom. The van der Waals surface area contributed by atoms with Gasteiger partial charge < -0.3 is 5.32 Å². The molecule has 1 aromatic heterocycles. The van der Waals surface area contributed by atoms with Crippen LogP contribution in [0.15, 0.2) is 10.7 Å². The predicted octanol–water partition coefficient (Wildman–Crippen LogP) is 0.976. The lowest BCUT2D eigenvalue weighted by Crippen LogP contribution is -2.49. The van der Waals surface area contributed by atoms with E-state index in [4.69, 9.17) is 0 Å². The summed E-state index contributed by atoms with van der Waals surface area (Å²) in [5.41, 5.74) is 1.25. The van der Waals surface area contributed by atoms with E-state index in [1.165, 1.54) is 5.69 Å². The predicted molar refractivity (Wildman–Crippen MR) is 63.6 cm³/mol. The van der Waals surface area contributed by atoms with E-state index in [1.807, 2.05) is 17.9 Å². The number of hydrogen-bond donors (Lipinski definition) is 1. The number of rotatable bonds is 2. The number of nitrogens with one attached hydrogen (secondary N) is 1. The van der Waals surface area contributed by atoms with Crippen LogP contribution in [-0.4, -0.2) is 40.4 Å². The van der Waals surface area contributed by atoms with Crippen LogP contribution in [-0.2, 0) is 13.6 Å². The molecule has 4 nitrogen and oxygen atoms in total. The number of hydrogen-bond acceptors (Lipinski definition) is 3. The van der Waals surface area contributed by atoms with Gasteiger partial charge in [-0.3, -0.25) is 9.58 Å². The molecule has 0 amide bonds. The first kappa shape index (κ1) is 11.1. The van der Waals surface area contributed by atoms with Crippen molar-refractivity contribution in [1.29, 1.82) is 0 Å². The highest BCUT2D eigenvalue weighted by Gasteiger charge is 2.20. The molecule has 2 rings (SSSR count). The maximum absolute atomic E-state index is 4.23. The molecule has 0 unspecified atom stereocenters. The Bertz CT molecular complexity index is 317. The van der Waals surface area contributed by atoms with E-state index in [9.17, 15) is 0 Å². The van der Waals surface area contributed by atoms with Crippen LogP contribution < -0.4 is 5.32 Å². The van der Waals surface area contributed by atoms with Gasteiger partial charge in [-0.05, 0) is 22.9 Å². The molecule has 0 spiro atoms. The van der Waals surface area contributed by atoms with Crippen LogP contribution in [0.1, 0.15) is 12.6 Å². The van der Waals surface area contributed by atoms with Crippen molar-refractivity contribution in [2.24, 2.45) is 7.05 Å². The SMILES string of the molecule is C[C@@H]1CNCCN1Cc1c(Br)cnn1C. The van der Waals surface area contributed by atoms with Crippen LogP contribution >= 0.6 is 15.9 Å². The summed E-state index contributed by atoms with van der Waals surface area (Å²) in [6, 6.07) is 0.598. The topological polar surface area (TPSA) is 33.1 Å². The fourth-order valence-electron chi connectivity index (χ4n) is 1.92. The first-order valence-electron chi connectivity index (χ1n) is 5.29. The summed E-state index contributed by atoms with van der Waals surface area (Å²) in [6.07, 6.45) is 1.86. The lowest BCUT2D eigenvalue weighted by Gasteiger charge is -2.33. The number of nitrogens with zero attached hydrogens (tertiary/aromatic N) is 3. The maximum atomic E-state index is 4.23. The second-order valence-electron chi connectivity index (χ2n) is 4.09. The molecule has 84 valence electrons. The Morgan fingerprint density at radius 1 is 1.67 bits per heavy atom. The van der Waals surface area contributed by atoms with Crippen molar-refractivity contribution in [3.05, 3.63) is 16.4 Å². The van der Waals surface area contributed by atoms with Crippen LogP contribution in [0.4, 0.5) is 0 Å². The van der Waals surface area contributed by atoms with E-state index in [0.717, 1.165) is 30.7 Å². The van der Waals surface area contributed by atoms with Crippen molar-refractivity contribution in [3.8, 4) is 0 Å². The van der Waals surface area contributed by atoms with Crippen molar-refractivity contribution >= 4 is 15.9 Å². The molecular formula is C10H17BrN4. The minimum Gasteiger partial charge on any atom is -0.314 e. The van der Waals surface area contributed by atoms with Gasteiger partial charge in [-0.25, -0.2) is 0 Å². The van der Waals surface area contributed by atoms with E-state index < -0.39 is 0 Å². The summed E-state index contributed by atoms with van der Waals surface area (Å²) in [6.45, 7) is 6.50. The molecule has 1 aliphatic rings. The third-order valence-electron chi connectivity index (χ3n) is 3.00. The molecule has 5 heteroatoms. The molecule has 1 fully saturated rings. The number of piperazine rings is 1. The van der Waals surface area contributed by atoms with Crippen LogP contribution in [0.2, 0.25) is 0 Å². The summed E-state index contributed by atoms with van der Waals surface area (Å²) in [4.78, 5) is 2.48. The summed E-state index contributed by atoms with van der Waals surface area (Å²) in [5.74, 6) is 0. The lowest BCUT2D eigenvalue weighted by atomic mass is 10.2. The fourth-order valence-corrected chi connectivity index (χ4v) is 2.40. The van der Waals surface area contributed by atoms with Crippen LogP contribution in [0.5, 0.6) is 0 Å². The van der Waals surface area contributed by atoms with Gasteiger partial charge in [0, 0.05) is 39.3 Å². The van der Waals surface area contributed by atoms with Crippen molar-refractivity contribution in [3.63, 3.8) is 0 Å². The first-order chi connectivity index (χ1) is 7.18. The molecule has 1 atom stereocenters. The highest BCUT2D eigenvalue weighted by molar-refractivity contribution is 9.10. The van der Waals surface area contributed by atoms with Gasteiger partial charge in [0.2, 0.25) is 0 Å². The lowest BCUT2D eigenvalue weighted by molar-refractivity contribution is 0.161. The number of halogens is 1. The minimum absolute atomic E-state index is 0.598. The molecule has 0 saturated carbocycles. The molecule has 0 aliphatic carbocycles. The van der Waals surface area contributed by atoms with Crippen molar-refractivity contribution in [2.45, 2.75) is 19.5 Å². The third kappa shape index (κ3) is 2.41. The number of aromatic nitrogens is 2. The smallest absolute Gasteiger partial charge is 0.0663 e. The quantitative estimate of drug-likeness (QED) is 0.872. The molecule has 1 aromatic rings. The average Bonchev–Trinajstić information content (AvgIpc) is 2.53. The van der Waals surface area contributed by atoms with Gasteiger partial charge in [-0.1, -0.05) is 0 Å². The molecule has 0 bridgehead atoms. The zero-order chi connectivity index (χ0) is 10.8. The van der Waals surface area contributed by atoms with Crippen LogP contribution in [0, 0.1) is 0 Å². The van der Waals surface area contributed by atoms with Gasteiger partial charge in [0.1, 0.15) is 0 Å². The monoisotopic (exact) mass is 272 g/mol. The summed E-state index contributed by atoms with van der Waals surface area (Å²) >= 11 is 3.54. The highest BCUT2D eigenvalue weighted by Crippen LogP contribution is 2.18. The second kappa shape index (κ2) is 4.63. The zero-order valence-electron chi connectivity index (χ0n) is 9.20. The molecule has 15 heavy (non-hydrogen) atoms. The van der Waals surface area contributed by atoms with Crippen molar-refractivity contribution in [1.82, 2.24) is 20.0 Å². The standard InChI is InChI=1S/C10H17BrN4/c1-8-5-12-3-4-15(8)7-10-9(11)6-13-14(10)2/h6,8,12H,3-5,7H2,1-2H3/t8-/m1/s1. The van der Waals surface area contributed by atoms with Gasteiger partial charge in [0.25, 0.3) is 0 Å². The molecule has 0 radical (unpaired) electrons. The molecular weight excluding hydrogens is 256 g/mol. The van der Waals surface area contributed by atoms with Crippen molar-refractivity contribution < 1.29 is 0 Å². The molecule has 0 aromatic carbocycles. The van der Waals surface area contributed by atoms with E-state index in [1.54, 1.807) is 0 Å². The first-order valence-corrected chi connectivity index (χ1v) is 6.09. The maximum Gasteiger partial charge on any atom is 0.0663 e. The molecule has 1 N–H and O–H groups in total. The normalized spacial score (nSPS) is 23.3. The number of aryl methyl sites for hydroxylation is 1. The Morgan fingerprint density at radius 3 is 3.07 bits per heavy atom. The summed E-state index contributed by atoms with van der Waals surface area (Å²) in [7, 11) is 1.99. The van der Waals surface area contributed by atoms with Crippen LogP contribution in [0.3, 0.4) is 0 Å². The zero-order valence-corrected chi connectivity index (χ0v) is 10.8. The summed E-state index contributed by atoms with van der Waals surface area (Å²) < 4.78 is 3.05. The Kier molecular flexibility index (Phi) is 3.43. The Balaban J connectivity index is 2.07. The van der Waals surface area contributed by atoms with Gasteiger partial charge in [-0.2, -0.15) is 5.10 Å². The van der Waals surface area contributed by atoms with E-state index in [2.05, 4.69) is 38.2 Å². The second-order valence-corrected chi connectivity index (χ2v) is 4.94. The van der Waals surface area contributed by atoms with E-state index >= 15 is 0 Å². The largest absolute Gasteiger partial charge is 0.314 e. The molecule has 2 heterocycles. The Labute approximate surface area is 98.8 Å². The van der Waals surface area contributed by atoms with Gasteiger partial charge in [0.05, 0.1) is 16.4 Å². The van der Waals surface area contributed by atoms with Crippen LogP contribution in [0.25, 0.3) is 0 Å². The average molecular weight is 273 g/mol. The fraction of sp³-hybridized carbons (Fsp3) is 0.700. The van der Waals surface area contributed by atoms with Crippen molar-refractivity contribution in [2.75, 3.05) is 19.6 Å². The van der Waals surface area contributed by atoms with E-state index in [-0.39, 0.29) is 0 Å². The molecule has 1 aliphatic heterocycles. The summed E-state index contributed by atoms with van der Waals surface area (Å²) in [5, 5.41) is 7.63. The minimum atomic E-state index is 0.598.